The lowest BCUT2D eigenvalue weighted by Gasteiger charge is -1.99. The summed E-state index contributed by atoms with van der Waals surface area (Å²) in [6, 6.07) is 0. The summed E-state index contributed by atoms with van der Waals surface area (Å²) in [6.45, 7) is 0. The molecule has 1 N–H and O–H groups in total. The maximum Gasteiger partial charge on any atom is 0.240 e. The van der Waals surface area contributed by atoms with Gasteiger partial charge in [-0.05, 0) is 15.9 Å². The van der Waals surface area contributed by atoms with Crippen molar-refractivity contribution in [2.45, 2.75) is 0 Å². The Kier molecular flexibility index (Phi) is 3.43. The van der Waals surface area contributed by atoms with E-state index in [-0.39, 0.29) is 11.8 Å². The number of amides is 1. The Morgan fingerprint density at radius 1 is 1.67 bits per heavy atom. The first-order valence-corrected chi connectivity index (χ1v) is 4.38. The molecule has 12 heavy (non-hydrogen) atoms. The number of hydrogen-bond donors (Lipinski definition) is 1. The van der Waals surface area contributed by atoms with Crippen LogP contribution in [-0.4, -0.2) is 21.8 Å². The van der Waals surface area contributed by atoms with Crippen molar-refractivity contribution in [2.75, 3.05) is 11.2 Å². The van der Waals surface area contributed by atoms with E-state index in [9.17, 15) is 4.79 Å². The van der Waals surface area contributed by atoms with E-state index in [2.05, 4.69) is 31.2 Å². The Bertz CT molecular complexity index is 294. The van der Waals surface area contributed by atoms with Crippen molar-refractivity contribution < 1.29 is 4.79 Å². The SMILES string of the molecule is O=C(CCl)Nc1cncc(Br)n1. The van der Waals surface area contributed by atoms with Crippen LogP contribution in [0.1, 0.15) is 0 Å². The van der Waals surface area contributed by atoms with Crippen LogP contribution in [0.2, 0.25) is 0 Å². The smallest absolute Gasteiger partial charge is 0.240 e. The van der Waals surface area contributed by atoms with Crippen LogP contribution in [0.3, 0.4) is 0 Å². The van der Waals surface area contributed by atoms with E-state index in [1.54, 1.807) is 0 Å². The van der Waals surface area contributed by atoms with Crippen LogP contribution in [0.5, 0.6) is 0 Å². The zero-order chi connectivity index (χ0) is 8.97. The third-order valence-corrected chi connectivity index (χ3v) is 1.62. The number of nitrogens with zero attached hydrogens (tertiary/aromatic N) is 2. The van der Waals surface area contributed by atoms with Gasteiger partial charge in [0.25, 0.3) is 0 Å². The second-order valence-electron chi connectivity index (χ2n) is 1.91. The summed E-state index contributed by atoms with van der Waals surface area (Å²) >= 11 is 8.39. The first-order valence-electron chi connectivity index (χ1n) is 3.05. The number of anilines is 1. The van der Waals surface area contributed by atoms with Crippen molar-refractivity contribution in [2.24, 2.45) is 0 Å². The Labute approximate surface area is 82.5 Å². The van der Waals surface area contributed by atoms with Gasteiger partial charge in [-0.25, -0.2) is 4.98 Å². The van der Waals surface area contributed by atoms with Crippen molar-refractivity contribution in [3.63, 3.8) is 0 Å². The molecule has 0 aliphatic carbocycles. The van der Waals surface area contributed by atoms with E-state index in [0.29, 0.717) is 10.4 Å². The van der Waals surface area contributed by atoms with E-state index in [4.69, 9.17) is 11.6 Å². The van der Waals surface area contributed by atoms with E-state index in [1.807, 2.05) is 0 Å². The van der Waals surface area contributed by atoms with Gasteiger partial charge in [0.05, 0.1) is 12.4 Å². The molecule has 6 heteroatoms. The minimum Gasteiger partial charge on any atom is -0.308 e. The molecule has 0 fully saturated rings. The molecule has 0 aromatic carbocycles. The van der Waals surface area contributed by atoms with Gasteiger partial charge in [-0.1, -0.05) is 0 Å². The molecule has 1 aromatic heterocycles. The predicted molar refractivity (Wildman–Crippen MR) is 49.1 cm³/mol. The largest absolute Gasteiger partial charge is 0.308 e. The van der Waals surface area contributed by atoms with Crippen LogP contribution in [-0.2, 0) is 4.79 Å². The van der Waals surface area contributed by atoms with Crippen LogP contribution >= 0.6 is 27.5 Å². The second-order valence-corrected chi connectivity index (χ2v) is 2.99. The lowest BCUT2D eigenvalue weighted by atomic mass is 10.6. The zero-order valence-corrected chi connectivity index (χ0v) is 8.26. The van der Waals surface area contributed by atoms with Crippen molar-refractivity contribution in [1.82, 2.24) is 9.97 Å². The topological polar surface area (TPSA) is 54.9 Å². The summed E-state index contributed by atoms with van der Waals surface area (Å²) in [5.74, 6) is -0.00660. The summed E-state index contributed by atoms with van der Waals surface area (Å²) in [5.41, 5.74) is 0. The van der Waals surface area contributed by atoms with E-state index >= 15 is 0 Å². The zero-order valence-electron chi connectivity index (χ0n) is 5.92. The quantitative estimate of drug-likeness (QED) is 0.808. The Morgan fingerprint density at radius 3 is 3.00 bits per heavy atom. The van der Waals surface area contributed by atoms with Crippen molar-refractivity contribution in [1.29, 1.82) is 0 Å². The van der Waals surface area contributed by atoms with Gasteiger partial charge in [-0.3, -0.25) is 9.78 Å². The fraction of sp³-hybridized carbons (Fsp3) is 0.167. The Balaban J connectivity index is 2.69. The van der Waals surface area contributed by atoms with Crippen LogP contribution in [0.4, 0.5) is 5.82 Å². The summed E-state index contributed by atoms with van der Waals surface area (Å²) < 4.78 is 0.565. The average molecular weight is 250 g/mol. The van der Waals surface area contributed by atoms with E-state index < -0.39 is 0 Å². The van der Waals surface area contributed by atoms with Gasteiger partial charge >= 0.3 is 0 Å². The summed E-state index contributed by atoms with van der Waals surface area (Å²) in [4.78, 5) is 18.5. The fourth-order valence-corrected chi connectivity index (χ4v) is 0.955. The highest BCUT2D eigenvalue weighted by molar-refractivity contribution is 9.10. The lowest BCUT2D eigenvalue weighted by Crippen LogP contribution is -2.13. The monoisotopic (exact) mass is 249 g/mol. The molecule has 0 saturated carbocycles. The summed E-state index contributed by atoms with van der Waals surface area (Å²) in [7, 11) is 0. The maximum atomic E-state index is 10.8. The molecule has 0 atom stereocenters. The van der Waals surface area contributed by atoms with Gasteiger partial charge in [0.2, 0.25) is 5.91 Å². The first kappa shape index (κ1) is 9.41. The third kappa shape index (κ3) is 2.75. The lowest BCUT2D eigenvalue weighted by molar-refractivity contribution is -0.113. The molecule has 0 unspecified atom stereocenters. The Hall–Kier alpha value is -0.680. The highest BCUT2D eigenvalue weighted by Crippen LogP contribution is 2.07. The molecule has 64 valence electrons. The van der Waals surface area contributed by atoms with Gasteiger partial charge in [-0.15, -0.1) is 11.6 Å². The molecule has 1 heterocycles. The number of hydrogen-bond acceptors (Lipinski definition) is 3. The second kappa shape index (κ2) is 4.37. The molecule has 1 rings (SSSR count). The van der Waals surface area contributed by atoms with Gasteiger partial charge < -0.3 is 5.32 Å². The van der Waals surface area contributed by atoms with E-state index in [1.165, 1.54) is 12.4 Å². The highest BCUT2D eigenvalue weighted by Gasteiger charge is 2.00. The van der Waals surface area contributed by atoms with Crippen molar-refractivity contribution >= 4 is 39.3 Å². The summed E-state index contributed by atoms with van der Waals surface area (Å²) in [6.07, 6.45) is 2.96. The van der Waals surface area contributed by atoms with E-state index in [0.717, 1.165) is 0 Å². The molecule has 0 aliphatic rings. The first-order chi connectivity index (χ1) is 5.72. The van der Waals surface area contributed by atoms with Crippen LogP contribution in [0, 0.1) is 0 Å². The highest BCUT2D eigenvalue weighted by atomic mass is 79.9. The maximum absolute atomic E-state index is 10.8. The minimum absolute atomic E-state index is 0.0891. The fourth-order valence-electron chi connectivity index (χ4n) is 0.579. The molecule has 1 amide bonds. The number of nitrogens with one attached hydrogen (secondary N) is 1. The molecular formula is C6H5BrClN3O. The van der Waals surface area contributed by atoms with Gasteiger partial charge in [0, 0.05) is 0 Å². The van der Waals surface area contributed by atoms with Gasteiger partial charge in [0.15, 0.2) is 5.82 Å². The van der Waals surface area contributed by atoms with Gasteiger partial charge in [0.1, 0.15) is 10.5 Å². The number of rotatable bonds is 2. The van der Waals surface area contributed by atoms with Gasteiger partial charge in [-0.2, -0.15) is 0 Å². The number of carbonyl (C=O) groups is 1. The summed E-state index contributed by atoms with van der Waals surface area (Å²) in [5, 5.41) is 2.46. The van der Waals surface area contributed by atoms with Crippen LogP contribution in [0.25, 0.3) is 0 Å². The van der Waals surface area contributed by atoms with Crippen molar-refractivity contribution in [3.8, 4) is 0 Å². The number of halogens is 2. The van der Waals surface area contributed by atoms with Crippen molar-refractivity contribution in [3.05, 3.63) is 17.0 Å². The predicted octanol–water partition coefficient (Wildman–Crippen LogP) is 1.42. The normalized spacial score (nSPS) is 9.50. The average Bonchev–Trinajstić information content (AvgIpc) is 2.04. The van der Waals surface area contributed by atoms with Crippen LogP contribution in [0.15, 0.2) is 17.0 Å². The molecule has 4 nitrogen and oxygen atoms in total. The molecule has 0 spiro atoms. The molecular weight excluding hydrogens is 245 g/mol. The molecule has 0 bridgehead atoms. The standard InChI is InChI=1S/C6H5BrClN3O/c7-4-2-9-3-5(10-4)11-6(12)1-8/h2-3H,1H2,(H,10,11,12). The minimum atomic E-state index is -0.302. The third-order valence-electron chi connectivity index (χ3n) is 0.994. The molecule has 1 aromatic rings. The number of alkyl halides is 1. The molecule has 0 aliphatic heterocycles. The van der Waals surface area contributed by atoms with Crippen LogP contribution < -0.4 is 5.32 Å². The molecule has 0 radical (unpaired) electrons. The number of aromatic nitrogens is 2. The number of carbonyl (C=O) groups excluding carboxylic acids is 1. The molecule has 0 saturated heterocycles. The Morgan fingerprint density at radius 2 is 2.42 bits per heavy atom.